The number of ether oxygens (including phenoxy) is 1. The van der Waals surface area contributed by atoms with E-state index in [1.807, 2.05) is 0 Å². The minimum atomic E-state index is -0.838. The van der Waals surface area contributed by atoms with E-state index in [0.29, 0.717) is 24.8 Å². The molecule has 1 aromatic heterocycles. The van der Waals surface area contributed by atoms with E-state index in [1.165, 1.54) is 12.3 Å². The maximum Gasteiger partial charge on any atom is 0.141 e. The standard InChI is InChI=1S/C13H19FN2O2/c1-9(2)16-3-4-18-12(8-16)13(17)10-5-11(14)7-15-6-10/h5-7,9,12-13,17H,3-4,8H2,1-2H3. The van der Waals surface area contributed by atoms with E-state index in [9.17, 15) is 9.50 Å². The first-order valence-electron chi connectivity index (χ1n) is 6.22. The van der Waals surface area contributed by atoms with Crippen LogP contribution in [0.25, 0.3) is 0 Å². The average Bonchev–Trinajstić information content (AvgIpc) is 2.38. The van der Waals surface area contributed by atoms with E-state index < -0.39 is 11.9 Å². The summed E-state index contributed by atoms with van der Waals surface area (Å²) in [6, 6.07) is 1.71. The molecule has 0 aromatic carbocycles. The molecule has 2 atom stereocenters. The van der Waals surface area contributed by atoms with Gasteiger partial charge in [-0.25, -0.2) is 4.39 Å². The van der Waals surface area contributed by atoms with Crippen LogP contribution in [0, 0.1) is 5.82 Å². The molecule has 18 heavy (non-hydrogen) atoms. The molecule has 1 aliphatic rings. The number of hydrogen-bond acceptors (Lipinski definition) is 4. The Morgan fingerprint density at radius 3 is 2.94 bits per heavy atom. The second-order valence-corrected chi connectivity index (χ2v) is 4.88. The second-order valence-electron chi connectivity index (χ2n) is 4.88. The highest BCUT2D eigenvalue weighted by Gasteiger charge is 2.29. The van der Waals surface area contributed by atoms with Crippen molar-refractivity contribution in [2.24, 2.45) is 0 Å². The summed E-state index contributed by atoms with van der Waals surface area (Å²) < 4.78 is 18.6. The van der Waals surface area contributed by atoms with Crippen LogP contribution in [0.15, 0.2) is 18.5 Å². The fourth-order valence-electron chi connectivity index (χ4n) is 2.16. The number of halogens is 1. The lowest BCUT2D eigenvalue weighted by atomic mass is 10.0. The molecule has 1 saturated heterocycles. The molecule has 0 spiro atoms. The van der Waals surface area contributed by atoms with Crippen molar-refractivity contribution in [3.63, 3.8) is 0 Å². The summed E-state index contributed by atoms with van der Waals surface area (Å²) in [6.07, 6.45) is 1.43. The lowest BCUT2D eigenvalue weighted by Crippen LogP contribution is -2.47. The first-order chi connectivity index (χ1) is 8.58. The fraction of sp³-hybridized carbons (Fsp3) is 0.615. The molecule has 4 nitrogen and oxygen atoms in total. The van der Waals surface area contributed by atoms with E-state index in [-0.39, 0.29) is 6.10 Å². The van der Waals surface area contributed by atoms with Crippen molar-refractivity contribution in [1.82, 2.24) is 9.88 Å². The van der Waals surface area contributed by atoms with Crippen LogP contribution >= 0.6 is 0 Å². The molecule has 1 fully saturated rings. The van der Waals surface area contributed by atoms with Crippen LogP contribution in [0.1, 0.15) is 25.5 Å². The molecule has 0 saturated carbocycles. The number of aromatic nitrogens is 1. The molecule has 0 radical (unpaired) electrons. The average molecular weight is 254 g/mol. The zero-order chi connectivity index (χ0) is 13.1. The summed E-state index contributed by atoms with van der Waals surface area (Å²) in [5.41, 5.74) is 0.464. The monoisotopic (exact) mass is 254 g/mol. The van der Waals surface area contributed by atoms with Gasteiger partial charge in [0.25, 0.3) is 0 Å². The van der Waals surface area contributed by atoms with Gasteiger partial charge in [0.1, 0.15) is 18.0 Å². The van der Waals surface area contributed by atoms with Gasteiger partial charge in [-0.3, -0.25) is 9.88 Å². The molecular formula is C13H19FN2O2. The van der Waals surface area contributed by atoms with Gasteiger partial charge in [-0.05, 0) is 19.9 Å². The summed E-state index contributed by atoms with van der Waals surface area (Å²) in [6.45, 7) is 6.32. The van der Waals surface area contributed by atoms with Crippen molar-refractivity contribution in [3.05, 3.63) is 29.8 Å². The number of aliphatic hydroxyl groups is 1. The highest BCUT2D eigenvalue weighted by atomic mass is 19.1. The van der Waals surface area contributed by atoms with Crippen LogP contribution in [0.5, 0.6) is 0 Å². The van der Waals surface area contributed by atoms with Crippen molar-refractivity contribution in [3.8, 4) is 0 Å². The number of hydrogen-bond donors (Lipinski definition) is 1. The van der Waals surface area contributed by atoms with Gasteiger partial charge < -0.3 is 9.84 Å². The smallest absolute Gasteiger partial charge is 0.141 e. The van der Waals surface area contributed by atoms with Crippen LogP contribution in [-0.2, 0) is 4.74 Å². The minimum absolute atomic E-state index is 0.329. The summed E-state index contributed by atoms with van der Waals surface area (Å²) in [5, 5.41) is 10.2. The molecule has 2 heterocycles. The highest BCUT2D eigenvalue weighted by molar-refractivity contribution is 5.15. The molecule has 1 N–H and O–H groups in total. The van der Waals surface area contributed by atoms with Crippen LogP contribution in [0.2, 0.25) is 0 Å². The Labute approximate surface area is 106 Å². The Bertz CT molecular complexity index is 400. The molecule has 0 amide bonds. The second kappa shape index (κ2) is 5.73. The third-order valence-corrected chi connectivity index (χ3v) is 3.27. The quantitative estimate of drug-likeness (QED) is 0.884. The van der Waals surface area contributed by atoms with Crippen molar-refractivity contribution in [1.29, 1.82) is 0 Å². The molecule has 1 aromatic rings. The number of aliphatic hydroxyl groups excluding tert-OH is 1. The van der Waals surface area contributed by atoms with Gasteiger partial charge in [0, 0.05) is 30.9 Å². The SMILES string of the molecule is CC(C)N1CCOC(C(O)c2cncc(F)c2)C1. The van der Waals surface area contributed by atoms with Crippen molar-refractivity contribution in [2.45, 2.75) is 32.1 Å². The lowest BCUT2D eigenvalue weighted by Gasteiger charge is -2.37. The van der Waals surface area contributed by atoms with Crippen LogP contribution in [0.3, 0.4) is 0 Å². The van der Waals surface area contributed by atoms with Gasteiger partial charge in [0.15, 0.2) is 0 Å². The molecule has 5 heteroatoms. The zero-order valence-electron chi connectivity index (χ0n) is 10.7. The van der Waals surface area contributed by atoms with E-state index in [4.69, 9.17) is 4.74 Å². The Balaban J connectivity index is 2.06. The Morgan fingerprint density at radius 1 is 1.50 bits per heavy atom. The first kappa shape index (κ1) is 13.4. The number of morpholine rings is 1. The largest absolute Gasteiger partial charge is 0.386 e. The molecule has 2 rings (SSSR count). The zero-order valence-corrected chi connectivity index (χ0v) is 10.7. The van der Waals surface area contributed by atoms with Crippen molar-refractivity contribution in [2.75, 3.05) is 19.7 Å². The summed E-state index contributed by atoms with van der Waals surface area (Å²) in [5.74, 6) is -0.442. The van der Waals surface area contributed by atoms with E-state index >= 15 is 0 Å². The van der Waals surface area contributed by atoms with Crippen LogP contribution in [-0.4, -0.2) is 46.8 Å². The van der Waals surface area contributed by atoms with Crippen molar-refractivity contribution < 1.29 is 14.2 Å². The minimum Gasteiger partial charge on any atom is -0.386 e. The molecule has 100 valence electrons. The van der Waals surface area contributed by atoms with Crippen molar-refractivity contribution >= 4 is 0 Å². The molecule has 2 unspecified atom stereocenters. The predicted molar refractivity (Wildman–Crippen MR) is 65.6 cm³/mol. The third-order valence-electron chi connectivity index (χ3n) is 3.27. The van der Waals surface area contributed by atoms with E-state index in [0.717, 1.165) is 12.7 Å². The van der Waals surface area contributed by atoms with Gasteiger partial charge in [0.05, 0.1) is 12.8 Å². The van der Waals surface area contributed by atoms with Gasteiger partial charge >= 0.3 is 0 Å². The molecular weight excluding hydrogens is 235 g/mol. The lowest BCUT2D eigenvalue weighted by molar-refractivity contribution is -0.0963. The van der Waals surface area contributed by atoms with Gasteiger partial charge in [0.2, 0.25) is 0 Å². The fourth-order valence-corrected chi connectivity index (χ4v) is 2.16. The Hall–Kier alpha value is -1.04. The first-order valence-corrected chi connectivity index (χ1v) is 6.22. The predicted octanol–water partition coefficient (Wildman–Crippen LogP) is 1.36. The topological polar surface area (TPSA) is 45.6 Å². The highest BCUT2D eigenvalue weighted by Crippen LogP contribution is 2.23. The van der Waals surface area contributed by atoms with E-state index in [2.05, 4.69) is 23.7 Å². The Kier molecular flexibility index (Phi) is 4.27. The summed E-state index contributed by atoms with van der Waals surface area (Å²) in [4.78, 5) is 5.99. The maximum atomic E-state index is 13.1. The maximum absolute atomic E-state index is 13.1. The van der Waals surface area contributed by atoms with Crippen LogP contribution < -0.4 is 0 Å². The van der Waals surface area contributed by atoms with Gasteiger partial charge in [-0.15, -0.1) is 0 Å². The van der Waals surface area contributed by atoms with Gasteiger partial charge in [-0.1, -0.05) is 0 Å². The Morgan fingerprint density at radius 2 is 2.28 bits per heavy atom. The van der Waals surface area contributed by atoms with Gasteiger partial charge in [-0.2, -0.15) is 0 Å². The molecule has 0 bridgehead atoms. The number of rotatable bonds is 3. The number of pyridine rings is 1. The number of nitrogens with zero attached hydrogens (tertiary/aromatic N) is 2. The summed E-state index contributed by atoms with van der Waals surface area (Å²) >= 11 is 0. The third kappa shape index (κ3) is 3.04. The van der Waals surface area contributed by atoms with Crippen LogP contribution in [0.4, 0.5) is 4.39 Å². The summed E-state index contributed by atoms with van der Waals surface area (Å²) in [7, 11) is 0. The molecule has 1 aliphatic heterocycles. The normalized spacial score (nSPS) is 23.3. The molecule has 0 aliphatic carbocycles. The van der Waals surface area contributed by atoms with E-state index in [1.54, 1.807) is 0 Å².